The van der Waals surface area contributed by atoms with E-state index in [-0.39, 0.29) is 0 Å². The van der Waals surface area contributed by atoms with Crippen molar-refractivity contribution in [3.63, 3.8) is 0 Å². The zero-order chi connectivity index (χ0) is 12.0. The summed E-state index contributed by atoms with van der Waals surface area (Å²) in [7, 11) is 0. The molecule has 1 aromatic rings. The van der Waals surface area contributed by atoms with Crippen LogP contribution in [-0.2, 0) is 0 Å². The van der Waals surface area contributed by atoms with Gasteiger partial charge in [0.25, 0.3) is 0 Å². The van der Waals surface area contributed by atoms with Crippen LogP contribution in [0.25, 0.3) is 0 Å². The second-order valence-electron chi connectivity index (χ2n) is 3.48. The summed E-state index contributed by atoms with van der Waals surface area (Å²) in [6.07, 6.45) is 1.88. The number of hydrogen-bond acceptors (Lipinski definition) is 1. The van der Waals surface area contributed by atoms with E-state index in [4.69, 9.17) is 16.3 Å². The maximum absolute atomic E-state index is 5.92. The molecule has 0 radical (unpaired) electrons. The molecule has 2 nitrogen and oxygen atoms in total. The van der Waals surface area contributed by atoms with E-state index in [0.29, 0.717) is 6.61 Å². The van der Waals surface area contributed by atoms with Gasteiger partial charge in [-0.3, -0.25) is 0 Å². The normalized spacial score (nSPS) is 10.2. The van der Waals surface area contributed by atoms with E-state index in [1.807, 2.05) is 25.1 Å². The van der Waals surface area contributed by atoms with Gasteiger partial charge in [-0.2, -0.15) is 0 Å². The third-order valence-corrected chi connectivity index (χ3v) is 2.90. The summed E-state index contributed by atoms with van der Waals surface area (Å²) in [6.45, 7) is 8.16. The largest absolute Gasteiger partial charge is 0.486 e. The lowest BCUT2D eigenvalue weighted by Gasteiger charge is -2.10. The van der Waals surface area contributed by atoms with Crippen LogP contribution < -0.4 is 10.1 Å². The van der Waals surface area contributed by atoms with Crippen molar-refractivity contribution >= 4 is 27.5 Å². The molecule has 88 valence electrons. The molecule has 4 heteroatoms. The minimum atomic E-state index is 0.676. The molecule has 0 aromatic heterocycles. The molecule has 1 rings (SSSR count). The summed E-state index contributed by atoms with van der Waals surface area (Å²) in [5.74, 6) is 0.872. The maximum Gasteiger partial charge on any atom is 0.137 e. The summed E-state index contributed by atoms with van der Waals surface area (Å²) in [6, 6.07) is 3.74. The van der Waals surface area contributed by atoms with Crippen LogP contribution in [0, 0.1) is 6.92 Å². The first-order chi connectivity index (χ1) is 7.65. The highest BCUT2D eigenvalue weighted by Gasteiger charge is 2.06. The molecule has 0 aliphatic carbocycles. The molecule has 0 amide bonds. The maximum atomic E-state index is 5.92. The van der Waals surface area contributed by atoms with Gasteiger partial charge >= 0.3 is 0 Å². The molecule has 0 aliphatic rings. The third kappa shape index (κ3) is 4.16. The summed E-state index contributed by atoms with van der Waals surface area (Å²) in [5, 5.41) is 2.86. The quantitative estimate of drug-likeness (QED) is 0.634. The number of ether oxygens (including phenoxy) is 1. The van der Waals surface area contributed by atoms with Crippen molar-refractivity contribution in [1.82, 2.24) is 0 Å². The molecule has 0 fully saturated rings. The van der Waals surface area contributed by atoms with E-state index in [1.54, 1.807) is 0 Å². The molecule has 2 N–H and O–H groups in total. The fraction of sp³-hybridized carbons (Fsp3) is 0.333. The van der Waals surface area contributed by atoms with E-state index in [2.05, 4.69) is 27.8 Å². The summed E-state index contributed by atoms with van der Waals surface area (Å²) >= 11 is 9.37. The SMILES string of the molecule is C=CC[NH2+]CCOc1c(C)cc(Cl)cc1Br. The van der Waals surface area contributed by atoms with Gasteiger partial charge in [0.2, 0.25) is 0 Å². The number of nitrogens with two attached hydrogens (primary N) is 1. The Morgan fingerprint density at radius 1 is 1.56 bits per heavy atom. The van der Waals surface area contributed by atoms with E-state index >= 15 is 0 Å². The predicted octanol–water partition coefficient (Wildman–Crippen LogP) is 2.54. The topological polar surface area (TPSA) is 25.8 Å². The first kappa shape index (κ1) is 13.6. The predicted molar refractivity (Wildman–Crippen MR) is 71.2 cm³/mol. The van der Waals surface area contributed by atoms with E-state index in [0.717, 1.165) is 33.9 Å². The summed E-state index contributed by atoms with van der Waals surface area (Å²) < 4.78 is 6.60. The van der Waals surface area contributed by atoms with Gasteiger partial charge < -0.3 is 10.1 Å². The molecule has 16 heavy (non-hydrogen) atoms. The Hall–Kier alpha value is -0.510. The summed E-state index contributed by atoms with van der Waals surface area (Å²) in [5.41, 5.74) is 1.04. The molecule has 0 heterocycles. The highest BCUT2D eigenvalue weighted by Crippen LogP contribution is 2.31. The van der Waals surface area contributed by atoms with E-state index < -0.39 is 0 Å². The molecular weight excluding hydrogens is 289 g/mol. The number of hydrogen-bond donors (Lipinski definition) is 1. The zero-order valence-electron chi connectivity index (χ0n) is 9.30. The Morgan fingerprint density at radius 2 is 2.31 bits per heavy atom. The van der Waals surface area contributed by atoms with Crippen LogP contribution in [0.5, 0.6) is 5.75 Å². The average Bonchev–Trinajstić information content (AvgIpc) is 2.20. The number of halogens is 2. The first-order valence-corrected chi connectivity index (χ1v) is 6.33. The van der Waals surface area contributed by atoms with Crippen molar-refractivity contribution < 1.29 is 10.1 Å². The second-order valence-corrected chi connectivity index (χ2v) is 4.77. The Bertz CT molecular complexity index is 345. The molecule has 0 bridgehead atoms. The van der Waals surface area contributed by atoms with Gasteiger partial charge in [0.05, 0.1) is 11.0 Å². The zero-order valence-corrected chi connectivity index (χ0v) is 11.6. The molecular formula is C12H16BrClNO+. The second kappa shape index (κ2) is 6.94. The molecule has 1 aromatic carbocycles. The van der Waals surface area contributed by atoms with Crippen molar-refractivity contribution in [1.29, 1.82) is 0 Å². The van der Waals surface area contributed by atoms with Crippen LogP contribution in [0.2, 0.25) is 5.02 Å². The standard InChI is InChI=1S/C12H15BrClNO/c1-3-4-15-5-6-16-12-9(2)7-10(14)8-11(12)13/h3,7-8,15H,1,4-6H2,2H3/p+1. The summed E-state index contributed by atoms with van der Waals surface area (Å²) in [4.78, 5) is 0. The van der Waals surface area contributed by atoms with Crippen LogP contribution in [0.1, 0.15) is 5.56 Å². The fourth-order valence-corrected chi connectivity index (χ4v) is 2.43. The van der Waals surface area contributed by atoms with Crippen molar-refractivity contribution in [2.24, 2.45) is 0 Å². The van der Waals surface area contributed by atoms with E-state index in [9.17, 15) is 0 Å². The van der Waals surface area contributed by atoms with Crippen LogP contribution >= 0.6 is 27.5 Å². The van der Waals surface area contributed by atoms with Gasteiger partial charge in [-0.05, 0) is 46.6 Å². The smallest absolute Gasteiger partial charge is 0.137 e. The third-order valence-electron chi connectivity index (χ3n) is 2.10. The minimum Gasteiger partial charge on any atom is -0.486 e. The Balaban J connectivity index is 2.50. The molecule has 0 atom stereocenters. The Kier molecular flexibility index (Phi) is 5.88. The van der Waals surface area contributed by atoms with Crippen LogP contribution in [0.15, 0.2) is 29.3 Å². The Morgan fingerprint density at radius 3 is 2.94 bits per heavy atom. The molecule has 0 aliphatic heterocycles. The van der Waals surface area contributed by atoms with Crippen LogP contribution in [0.4, 0.5) is 0 Å². The first-order valence-electron chi connectivity index (χ1n) is 5.16. The number of benzene rings is 1. The van der Waals surface area contributed by atoms with E-state index in [1.165, 1.54) is 0 Å². The van der Waals surface area contributed by atoms with Crippen molar-refractivity contribution in [3.8, 4) is 5.75 Å². The van der Waals surface area contributed by atoms with Gasteiger partial charge in [0, 0.05) is 5.02 Å². The minimum absolute atomic E-state index is 0.676. The molecule has 0 saturated heterocycles. The highest BCUT2D eigenvalue weighted by atomic mass is 79.9. The molecule has 0 unspecified atom stereocenters. The monoisotopic (exact) mass is 304 g/mol. The van der Waals surface area contributed by atoms with Gasteiger partial charge in [0.15, 0.2) is 0 Å². The van der Waals surface area contributed by atoms with Crippen molar-refractivity contribution in [2.75, 3.05) is 19.7 Å². The van der Waals surface area contributed by atoms with Gasteiger partial charge in [0.1, 0.15) is 18.9 Å². The van der Waals surface area contributed by atoms with Gasteiger partial charge in [-0.1, -0.05) is 18.2 Å². The van der Waals surface area contributed by atoms with Gasteiger partial charge in [-0.15, -0.1) is 0 Å². The lowest BCUT2D eigenvalue weighted by atomic mass is 10.2. The fourth-order valence-electron chi connectivity index (χ4n) is 1.35. The number of quaternary nitrogens is 1. The number of aryl methyl sites for hydroxylation is 1. The molecule has 0 saturated carbocycles. The average molecular weight is 306 g/mol. The van der Waals surface area contributed by atoms with Crippen LogP contribution in [0.3, 0.4) is 0 Å². The molecule has 0 spiro atoms. The lowest BCUT2D eigenvalue weighted by molar-refractivity contribution is -0.646. The van der Waals surface area contributed by atoms with Crippen LogP contribution in [-0.4, -0.2) is 19.7 Å². The number of rotatable bonds is 6. The van der Waals surface area contributed by atoms with Gasteiger partial charge in [-0.25, -0.2) is 0 Å². The lowest BCUT2D eigenvalue weighted by Crippen LogP contribution is -2.85. The van der Waals surface area contributed by atoms with Crippen molar-refractivity contribution in [3.05, 3.63) is 39.8 Å². The van der Waals surface area contributed by atoms with Crippen molar-refractivity contribution in [2.45, 2.75) is 6.92 Å². The highest BCUT2D eigenvalue weighted by molar-refractivity contribution is 9.10. The Labute approximate surface area is 110 Å².